The zero-order valence-corrected chi connectivity index (χ0v) is 44.6. The summed E-state index contributed by atoms with van der Waals surface area (Å²) >= 11 is 0. The van der Waals surface area contributed by atoms with E-state index < -0.39 is 6.10 Å². The quantitative estimate of drug-likeness (QED) is 0.0344. The predicted octanol–water partition coefficient (Wildman–Crippen LogP) is 19.3. The Morgan fingerprint density at radius 1 is 0.323 bits per heavy atom. The third-order valence-corrected chi connectivity index (χ3v) is 13.8. The summed E-state index contributed by atoms with van der Waals surface area (Å²) in [5.74, 6) is 0.846. The normalized spacial score (nSPS) is 12.5. The van der Waals surface area contributed by atoms with Gasteiger partial charge >= 0.3 is 17.9 Å². The van der Waals surface area contributed by atoms with E-state index in [1.165, 1.54) is 218 Å². The van der Waals surface area contributed by atoms with Crippen LogP contribution in [0.1, 0.15) is 330 Å². The number of carbonyl (C=O) groups excluding carboxylic acids is 3. The summed E-state index contributed by atoms with van der Waals surface area (Å²) in [5, 5.41) is 0. The fourth-order valence-corrected chi connectivity index (χ4v) is 9.02. The fourth-order valence-electron chi connectivity index (χ4n) is 9.02. The lowest BCUT2D eigenvalue weighted by Crippen LogP contribution is -2.30. The lowest BCUT2D eigenvalue weighted by molar-refractivity contribution is -0.167. The van der Waals surface area contributed by atoms with Crippen molar-refractivity contribution in [2.75, 3.05) is 13.2 Å². The van der Waals surface area contributed by atoms with Gasteiger partial charge in [0.2, 0.25) is 0 Å². The average molecular weight is 920 g/mol. The minimum Gasteiger partial charge on any atom is -0.462 e. The lowest BCUT2D eigenvalue weighted by Gasteiger charge is -2.18. The molecule has 0 rings (SSSR count). The smallest absolute Gasteiger partial charge is 0.306 e. The minimum absolute atomic E-state index is 0.0631. The molecule has 0 aromatic heterocycles. The number of hydrogen-bond acceptors (Lipinski definition) is 6. The Hall–Kier alpha value is -1.59. The zero-order chi connectivity index (χ0) is 47.5. The van der Waals surface area contributed by atoms with Gasteiger partial charge in [-0.2, -0.15) is 0 Å². The van der Waals surface area contributed by atoms with Crippen molar-refractivity contribution in [1.29, 1.82) is 0 Å². The first-order valence-electron chi connectivity index (χ1n) is 29.3. The molecule has 0 aliphatic rings. The van der Waals surface area contributed by atoms with Crippen LogP contribution in [-0.2, 0) is 28.6 Å². The Morgan fingerprint density at radius 3 is 0.877 bits per heavy atom. The molecule has 2 atom stereocenters. The van der Waals surface area contributed by atoms with Crippen molar-refractivity contribution in [3.05, 3.63) is 0 Å². The van der Waals surface area contributed by atoms with E-state index in [1.807, 2.05) is 0 Å². The second-order valence-electron chi connectivity index (χ2n) is 21.0. The van der Waals surface area contributed by atoms with Gasteiger partial charge in [-0.1, -0.05) is 291 Å². The van der Waals surface area contributed by atoms with Crippen molar-refractivity contribution >= 4 is 17.9 Å². The molecule has 0 aliphatic carbocycles. The molecule has 0 spiro atoms. The summed E-state index contributed by atoms with van der Waals surface area (Å²) in [4.78, 5) is 38.1. The van der Waals surface area contributed by atoms with Crippen LogP contribution < -0.4 is 0 Å². The van der Waals surface area contributed by atoms with Gasteiger partial charge in [0.05, 0.1) is 0 Å². The molecule has 0 aromatic rings. The summed E-state index contributed by atoms with van der Waals surface area (Å²) in [6.07, 6.45) is 55.2. The van der Waals surface area contributed by atoms with Crippen LogP contribution >= 0.6 is 0 Å². The second-order valence-corrected chi connectivity index (χ2v) is 21.0. The Kier molecular flexibility index (Phi) is 50.5. The fraction of sp³-hybridized carbons (Fsp3) is 0.949. The van der Waals surface area contributed by atoms with E-state index in [1.54, 1.807) is 0 Å². The number of esters is 3. The van der Waals surface area contributed by atoms with E-state index in [0.29, 0.717) is 19.3 Å². The third-order valence-electron chi connectivity index (χ3n) is 13.8. The molecule has 386 valence electrons. The van der Waals surface area contributed by atoms with Gasteiger partial charge in [0.25, 0.3) is 0 Å². The third kappa shape index (κ3) is 51.6. The van der Waals surface area contributed by atoms with Gasteiger partial charge < -0.3 is 14.2 Å². The van der Waals surface area contributed by atoms with Crippen LogP contribution in [0.4, 0.5) is 0 Å². The van der Waals surface area contributed by atoms with Crippen molar-refractivity contribution in [3.63, 3.8) is 0 Å². The number of carbonyl (C=O) groups is 3. The van der Waals surface area contributed by atoms with Gasteiger partial charge in [-0.25, -0.2) is 0 Å². The van der Waals surface area contributed by atoms with Gasteiger partial charge in [0.15, 0.2) is 6.10 Å². The van der Waals surface area contributed by atoms with Crippen LogP contribution in [-0.4, -0.2) is 37.2 Å². The summed E-state index contributed by atoms with van der Waals surface area (Å²) in [7, 11) is 0. The Labute approximate surface area is 406 Å². The number of rotatable bonds is 53. The first kappa shape index (κ1) is 63.4. The predicted molar refractivity (Wildman–Crippen MR) is 280 cm³/mol. The molecule has 1 unspecified atom stereocenters. The van der Waals surface area contributed by atoms with Gasteiger partial charge in [0.1, 0.15) is 13.2 Å². The second kappa shape index (κ2) is 51.8. The molecule has 6 heteroatoms. The number of hydrogen-bond donors (Lipinski definition) is 0. The Morgan fingerprint density at radius 2 is 0.585 bits per heavy atom. The first-order valence-corrected chi connectivity index (χ1v) is 29.3. The topological polar surface area (TPSA) is 78.9 Å². The van der Waals surface area contributed by atoms with Crippen molar-refractivity contribution in [1.82, 2.24) is 0 Å². The maximum absolute atomic E-state index is 12.9. The molecule has 0 fully saturated rings. The van der Waals surface area contributed by atoms with E-state index in [-0.39, 0.29) is 31.1 Å². The van der Waals surface area contributed by atoms with Gasteiger partial charge in [-0.15, -0.1) is 0 Å². The van der Waals surface area contributed by atoms with Crippen molar-refractivity contribution < 1.29 is 28.6 Å². The van der Waals surface area contributed by atoms with E-state index in [2.05, 4.69) is 34.6 Å². The van der Waals surface area contributed by atoms with Crippen molar-refractivity contribution in [3.8, 4) is 0 Å². The van der Waals surface area contributed by atoms with Crippen LogP contribution in [0.25, 0.3) is 0 Å². The van der Waals surface area contributed by atoms with E-state index in [9.17, 15) is 14.4 Å². The molecular weight excluding hydrogens is 805 g/mol. The highest BCUT2D eigenvalue weighted by atomic mass is 16.6. The highest BCUT2D eigenvalue weighted by Crippen LogP contribution is 2.19. The average Bonchev–Trinajstić information content (AvgIpc) is 3.29. The summed E-state index contributed by atoms with van der Waals surface area (Å²) in [5.41, 5.74) is 0. The van der Waals surface area contributed by atoms with Crippen molar-refractivity contribution in [2.45, 2.75) is 336 Å². The lowest BCUT2D eigenvalue weighted by atomic mass is 9.99. The highest BCUT2D eigenvalue weighted by molar-refractivity contribution is 5.71. The van der Waals surface area contributed by atoms with Crippen LogP contribution in [0.3, 0.4) is 0 Å². The van der Waals surface area contributed by atoms with Crippen LogP contribution in [0.2, 0.25) is 0 Å². The van der Waals surface area contributed by atoms with Gasteiger partial charge in [0, 0.05) is 19.3 Å². The van der Waals surface area contributed by atoms with Crippen LogP contribution in [0.15, 0.2) is 0 Å². The molecule has 0 amide bonds. The summed E-state index contributed by atoms with van der Waals surface area (Å²) in [6.45, 7) is 11.4. The highest BCUT2D eigenvalue weighted by Gasteiger charge is 2.19. The van der Waals surface area contributed by atoms with Crippen LogP contribution in [0, 0.1) is 11.8 Å². The molecular formula is C59H114O6. The first-order chi connectivity index (χ1) is 31.8. The minimum atomic E-state index is -0.763. The molecule has 0 bridgehead atoms. The maximum atomic E-state index is 12.9. The molecule has 0 saturated carbocycles. The molecule has 0 N–H and O–H groups in total. The molecule has 6 nitrogen and oxygen atoms in total. The zero-order valence-electron chi connectivity index (χ0n) is 44.6. The molecule has 0 saturated heterocycles. The van der Waals surface area contributed by atoms with Gasteiger partial charge in [-0.3, -0.25) is 14.4 Å². The van der Waals surface area contributed by atoms with E-state index in [4.69, 9.17) is 14.2 Å². The standard InChI is InChI=1S/C59H114O6/c1-6-8-9-10-11-12-13-14-15-16-17-18-19-22-26-29-36-41-46-51-59(62)65-56(53-64-58(61)50-45-40-35-31-30-33-38-43-48-55(5)7-2)52-63-57(60)49-44-39-34-28-25-23-20-21-24-27-32-37-42-47-54(3)4/h54-56H,6-53H2,1-5H3/t55?,56-/m1/s1. The largest absolute Gasteiger partial charge is 0.462 e. The SMILES string of the molecule is CCCCCCCCCCCCCCCCCCCCCC(=O)O[C@H](COC(=O)CCCCCCCCCCCCCCCC(C)C)COC(=O)CCCCCCCCCCC(C)CC. The van der Waals surface area contributed by atoms with E-state index >= 15 is 0 Å². The van der Waals surface area contributed by atoms with E-state index in [0.717, 1.165) is 69.6 Å². The van der Waals surface area contributed by atoms with Crippen LogP contribution in [0.5, 0.6) is 0 Å². The molecule has 0 aromatic carbocycles. The molecule has 0 radical (unpaired) electrons. The number of unbranched alkanes of at least 4 members (excludes halogenated alkanes) is 37. The molecule has 65 heavy (non-hydrogen) atoms. The van der Waals surface area contributed by atoms with Crippen molar-refractivity contribution in [2.24, 2.45) is 11.8 Å². The Balaban J connectivity index is 4.28. The molecule has 0 heterocycles. The maximum Gasteiger partial charge on any atom is 0.306 e. The monoisotopic (exact) mass is 919 g/mol. The molecule has 0 aliphatic heterocycles. The summed E-state index contributed by atoms with van der Waals surface area (Å²) < 4.78 is 16.9. The summed E-state index contributed by atoms with van der Waals surface area (Å²) in [6, 6.07) is 0. The number of ether oxygens (including phenoxy) is 3. The Bertz CT molecular complexity index is 995. The van der Waals surface area contributed by atoms with Gasteiger partial charge in [-0.05, 0) is 31.1 Å².